The van der Waals surface area contributed by atoms with Gasteiger partial charge in [-0.15, -0.1) is 0 Å². The average molecular weight is 224 g/mol. The van der Waals surface area contributed by atoms with E-state index in [-0.39, 0.29) is 11.6 Å². The fourth-order valence-corrected chi connectivity index (χ4v) is 1.74. The zero-order valence-corrected chi connectivity index (χ0v) is 8.88. The zero-order chi connectivity index (χ0) is 10.8. The van der Waals surface area contributed by atoms with Crippen LogP contribution in [0.3, 0.4) is 0 Å². The maximum atomic E-state index is 11.1. The van der Waals surface area contributed by atoms with Crippen molar-refractivity contribution in [3.8, 4) is 0 Å². The fraction of sp³-hybridized carbons (Fsp3) is 0.200. The lowest BCUT2D eigenvalue weighted by atomic mass is 10.0. The lowest BCUT2D eigenvalue weighted by Gasteiger charge is -2.10. The summed E-state index contributed by atoms with van der Waals surface area (Å²) in [5.41, 5.74) is 1.30. The molecule has 2 rings (SSSR count). The summed E-state index contributed by atoms with van der Waals surface area (Å²) in [7, 11) is 0. The number of aromatic amines is 2. The zero-order valence-electron chi connectivity index (χ0n) is 8.12. The molecular formula is C10H10ClN3O. The molecule has 4 nitrogen and oxygen atoms in total. The van der Waals surface area contributed by atoms with E-state index >= 15 is 0 Å². The third-order valence-electron chi connectivity index (χ3n) is 2.32. The fourth-order valence-electron chi connectivity index (χ4n) is 1.48. The van der Waals surface area contributed by atoms with Gasteiger partial charge in [0.1, 0.15) is 0 Å². The quantitative estimate of drug-likeness (QED) is 0.817. The predicted molar refractivity (Wildman–Crippen MR) is 58.2 cm³/mol. The second-order valence-electron chi connectivity index (χ2n) is 3.30. The molecule has 0 saturated carbocycles. The molecule has 0 aromatic carbocycles. The number of nitrogens with one attached hydrogen (secondary N) is 2. The van der Waals surface area contributed by atoms with Gasteiger partial charge in [-0.1, -0.05) is 18.5 Å². The van der Waals surface area contributed by atoms with Crippen LogP contribution in [-0.4, -0.2) is 15.0 Å². The minimum Gasteiger partial charge on any atom is -0.364 e. The van der Waals surface area contributed by atoms with Gasteiger partial charge in [0.25, 0.3) is 0 Å². The molecule has 0 aliphatic rings. The molecule has 0 saturated heterocycles. The first-order valence-electron chi connectivity index (χ1n) is 4.56. The van der Waals surface area contributed by atoms with Gasteiger partial charge >= 0.3 is 5.69 Å². The third-order valence-corrected chi connectivity index (χ3v) is 2.62. The van der Waals surface area contributed by atoms with Crippen molar-refractivity contribution in [2.24, 2.45) is 0 Å². The number of rotatable bonds is 2. The number of halogens is 1. The SMILES string of the molecule is CC(c1ccc[nH]1)c1[nH]c(=O)ncc1Cl. The lowest BCUT2D eigenvalue weighted by molar-refractivity contribution is 0.820. The highest BCUT2D eigenvalue weighted by atomic mass is 35.5. The predicted octanol–water partition coefficient (Wildman–Crippen LogP) is 1.90. The number of hydrogen-bond donors (Lipinski definition) is 2. The van der Waals surface area contributed by atoms with E-state index in [2.05, 4.69) is 15.0 Å². The van der Waals surface area contributed by atoms with E-state index in [0.717, 1.165) is 5.69 Å². The van der Waals surface area contributed by atoms with Crippen molar-refractivity contribution in [1.29, 1.82) is 0 Å². The average Bonchev–Trinajstić information content (AvgIpc) is 2.74. The van der Waals surface area contributed by atoms with Gasteiger partial charge < -0.3 is 9.97 Å². The van der Waals surface area contributed by atoms with Crippen molar-refractivity contribution in [3.05, 3.63) is 51.4 Å². The van der Waals surface area contributed by atoms with Crippen LogP contribution in [0.2, 0.25) is 5.02 Å². The second kappa shape index (κ2) is 3.90. The van der Waals surface area contributed by atoms with E-state index in [4.69, 9.17) is 11.6 Å². The van der Waals surface area contributed by atoms with Crippen LogP contribution in [0.1, 0.15) is 24.2 Å². The van der Waals surface area contributed by atoms with E-state index in [0.29, 0.717) is 10.7 Å². The number of aromatic nitrogens is 3. The van der Waals surface area contributed by atoms with Gasteiger partial charge in [-0.25, -0.2) is 9.78 Å². The molecule has 2 heterocycles. The molecule has 5 heteroatoms. The van der Waals surface area contributed by atoms with Gasteiger partial charge in [0.2, 0.25) is 0 Å². The molecule has 1 atom stereocenters. The van der Waals surface area contributed by atoms with Crippen LogP contribution in [-0.2, 0) is 0 Å². The van der Waals surface area contributed by atoms with Crippen molar-refractivity contribution in [3.63, 3.8) is 0 Å². The summed E-state index contributed by atoms with van der Waals surface area (Å²) in [6.45, 7) is 1.96. The summed E-state index contributed by atoms with van der Waals surface area (Å²) >= 11 is 5.96. The number of H-pyrrole nitrogens is 2. The highest BCUT2D eigenvalue weighted by molar-refractivity contribution is 6.31. The Morgan fingerprint density at radius 2 is 2.33 bits per heavy atom. The molecule has 2 aromatic rings. The normalized spacial score (nSPS) is 12.7. The Balaban J connectivity index is 2.45. The smallest absolute Gasteiger partial charge is 0.345 e. The van der Waals surface area contributed by atoms with Crippen LogP contribution in [0.5, 0.6) is 0 Å². The van der Waals surface area contributed by atoms with Gasteiger partial charge in [0, 0.05) is 23.5 Å². The molecule has 0 aliphatic carbocycles. The molecule has 0 fully saturated rings. The summed E-state index contributed by atoms with van der Waals surface area (Å²) in [6.07, 6.45) is 3.20. The van der Waals surface area contributed by atoms with Crippen molar-refractivity contribution >= 4 is 11.6 Å². The summed E-state index contributed by atoms with van der Waals surface area (Å²) < 4.78 is 0. The Kier molecular flexibility index (Phi) is 2.60. The number of nitrogens with zero attached hydrogens (tertiary/aromatic N) is 1. The van der Waals surface area contributed by atoms with Crippen LogP contribution < -0.4 is 5.69 Å². The molecule has 0 radical (unpaired) electrons. The summed E-state index contributed by atoms with van der Waals surface area (Å²) in [5.74, 6) is 0.0169. The summed E-state index contributed by atoms with van der Waals surface area (Å²) in [6, 6.07) is 3.85. The molecule has 0 bridgehead atoms. The maximum absolute atomic E-state index is 11.1. The minimum absolute atomic E-state index is 0.0169. The molecule has 1 unspecified atom stereocenters. The minimum atomic E-state index is -0.382. The Labute approximate surface area is 91.3 Å². The van der Waals surface area contributed by atoms with Crippen LogP contribution in [0.25, 0.3) is 0 Å². The first kappa shape index (κ1) is 9.98. The molecule has 15 heavy (non-hydrogen) atoms. The first-order valence-corrected chi connectivity index (χ1v) is 4.94. The number of hydrogen-bond acceptors (Lipinski definition) is 2. The van der Waals surface area contributed by atoms with Gasteiger partial charge in [-0.3, -0.25) is 0 Å². The van der Waals surface area contributed by atoms with Crippen molar-refractivity contribution in [2.45, 2.75) is 12.8 Å². The third kappa shape index (κ3) is 1.94. The highest BCUT2D eigenvalue weighted by Crippen LogP contribution is 2.25. The summed E-state index contributed by atoms with van der Waals surface area (Å²) in [5, 5.41) is 0.469. The molecule has 78 valence electrons. The maximum Gasteiger partial charge on any atom is 0.345 e. The van der Waals surface area contributed by atoms with Gasteiger partial charge in [0.15, 0.2) is 0 Å². The van der Waals surface area contributed by atoms with Crippen molar-refractivity contribution in [1.82, 2.24) is 15.0 Å². The Morgan fingerprint density at radius 1 is 1.53 bits per heavy atom. The Hall–Kier alpha value is -1.55. The van der Waals surface area contributed by atoms with E-state index in [1.54, 1.807) is 0 Å². The van der Waals surface area contributed by atoms with Crippen LogP contribution >= 0.6 is 11.6 Å². The van der Waals surface area contributed by atoms with Gasteiger partial charge in [0.05, 0.1) is 11.2 Å². The summed E-state index contributed by atoms with van der Waals surface area (Å²) in [4.78, 5) is 20.4. The second-order valence-corrected chi connectivity index (χ2v) is 3.70. The van der Waals surface area contributed by atoms with Gasteiger partial charge in [-0.05, 0) is 12.1 Å². The molecule has 0 spiro atoms. The molecule has 2 N–H and O–H groups in total. The monoisotopic (exact) mass is 223 g/mol. The molecule has 2 aromatic heterocycles. The Morgan fingerprint density at radius 3 is 3.00 bits per heavy atom. The van der Waals surface area contributed by atoms with Crippen LogP contribution in [0, 0.1) is 0 Å². The van der Waals surface area contributed by atoms with Crippen molar-refractivity contribution in [2.75, 3.05) is 0 Å². The lowest BCUT2D eigenvalue weighted by Crippen LogP contribution is -2.14. The van der Waals surface area contributed by atoms with E-state index in [9.17, 15) is 4.79 Å². The molecule has 0 amide bonds. The topological polar surface area (TPSA) is 61.5 Å². The standard InChI is InChI=1S/C10H10ClN3O/c1-6(8-3-2-4-12-8)9-7(11)5-13-10(15)14-9/h2-6,12H,1H3,(H,13,14,15). The largest absolute Gasteiger partial charge is 0.364 e. The van der Waals surface area contributed by atoms with Crippen molar-refractivity contribution < 1.29 is 0 Å². The van der Waals surface area contributed by atoms with E-state index < -0.39 is 0 Å². The van der Waals surface area contributed by atoms with Crippen LogP contribution in [0.4, 0.5) is 0 Å². The first-order chi connectivity index (χ1) is 7.18. The van der Waals surface area contributed by atoms with E-state index in [1.807, 2.05) is 25.3 Å². The van der Waals surface area contributed by atoms with Gasteiger partial charge in [-0.2, -0.15) is 0 Å². The van der Waals surface area contributed by atoms with Crippen LogP contribution in [0.15, 0.2) is 29.3 Å². The van der Waals surface area contributed by atoms with E-state index in [1.165, 1.54) is 6.20 Å². The molecular weight excluding hydrogens is 214 g/mol. The molecule has 0 aliphatic heterocycles. The highest BCUT2D eigenvalue weighted by Gasteiger charge is 2.13. The Bertz CT molecular complexity index is 504.